The van der Waals surface area contributed by atoms with Crippen LogP contribution in [0.5, 0.6) is 0 Å². The summed E-state index contributed by atoms with van der Waals surface area (Å²) in [6, 6.07) is 0. The number of carbonyl (C=O) groups is 1. The van der Waals surface area contributed by atoms with Crippen LogP contribution in [0, 0.1) is 0 Å². The number of carbonyl (C=O) groups excluding carboxylic acids is 1. The van der Waals surface area contributed by atoms with Crippen molar-refractivity contribution in [1.82, 2.24) is 25.3 Å². The quantitative estimate of drug-likeness (QED) is 0.814. The van der Waals surface area contributed by atoms with E-state index in [-0.39, 0.29) is 5.97 Å². The van der Waals surface area contributed by atoms with Gasteiger partial charge in [-0.1, -0.05) is 11.6 Å². The van der Waals surface area contributed by atoms with Gasteiger partial charge >= 0.3 is 5.97 Å². The van der Waals surface area contributed by atoms with Gasteiger partial charge in [-0.2, -0.15) is 10.1 Å². The van der Waals surface area contributed by atoms with Crippen LogP contribution in [0.3, 0.4) is 0 Å². The maximum atomic E-state index is 12.1. The van der Waals surface area contributed by atoms with Gasteiger partial charge in [0.05, 0.1) is 6.61 Å². The van der Waals surface area contributed by atoms with E-state index in [1.165, 1.54) is 6.33 Å². The normalized spacial score (nSPS) is 16.9. The van der Waals surface area contributed by atoms with Gasteiger partial charge in [0, 0.05) is 0 Å². The molecule has 0 amide bonds. The van der Waals surface area contributed by atoms with Gasteiger partial charge in [-0.05, 0) is 19.8 Å². The fourth-order valence-corrected chi connectivity index (χ4v) is 2.13. The molecule has 0 aromatic carbocycles. The maximum absolute atomic E-state index is 12.1. The molecule has 0 saturated heterocycles. The van der Waals surface area contributed by atoms with Crippen molar-refractivity contribution in [3.05, 3.63) is 12.2 Å². The van der Waals surface area contributed by atoms with Crippen LogP contribution in [0.4, 0.5) is 0 Å². The van der Waals surface area contributed by atoms with Crippen molar-refractivity contribution in [2.45, 2.75) is 31.6 Å². The van der Waals surface area contributed by atoms with E-state index in [9.17, 15) is 4.79 Å². The lowest BCUT2D eigenvalue weighted by atomic mass is 9.68. The van der Waals surface area contributed by atoms with Gasteiger partial charge in [0.25, 0.3) is 0 Å². The summed E-state index contributed by atoms with van der Waals surface area (Å²) in [6.45, 7) is 2.11. The van der Waals surface area contributed by atoms with Crippen LogP contribution in [0.1, 0.15) is 32.1 Å². The first kappa shape index (κ1) is 11.8. The zero-order chi connectivity index (χ0) is 13.3. The summed E-state index contributed by atoms with van der Waals surface area (Å²) in [4.78, 5) is 20.2. The second-order valence-corrected chi connectivity index (χ2v) is 4.41. The molecule has 0 aliphatic heterocycles. The van der Waals surface area contributed by atoms with Crippen molar-refractivity contribution >= 4 is 5.97 Å². The van der Waals surface area contributed by atoms with Crippen LogP contribution < -0.4 is 0 Å². The molecule has 2 heterocycles. The zero-order valence-electron chi connectivity index (χ0n) is 10.4. The molecule has 0 radical (unpaired) electrons. The van der Waals surface area contributed by atoms with Crippen molar-refractivity contribution in [2.24, 2.45) is 0 Å². The maximum Gasteiger partial charge on any atom is 0.321 e. The van der Waals surface area contributed by atoms with E-state index in [0.717, 1.165) is 6.42 Å². The van der Waals surface area contributed by atoms with E-state index in [1.807, 2.05) is 0 Å². The summed E-state index contributed by atoms with van der Waals surface area (Å²) >= 11 is 0. The Morgan fingerprint density at radius 1 is 1.58 bits per heavy atom. The molecule has 1 fully saturated rings. The van der Waals surface area contributed by atoms with E-state index in [1.54, 1.807) is 6.92 Å². The fraction of sp³-hybridized carbons (Fsp3) is 0.545. The highest BCUT2D eigenvalue weighted by molar-refractivity contribution is 5.83. The highest BCUT2D eigenvalue weighted by Crippen LogP contribution is 2.44. The van der Waals surface area contributed by atoms with Crippen LogP contribution in [-0.4, -0.2) is 37.9 Å². The van der Waals surface area contributed by atoms with Gasteiger partial charge in [-0.25, -0.2) is 4.98 Å². The predicted molar refractivity (Wildman–Crippen MR) is 61.8 cm³/mol. The van der Waals surface area contributed by atoms with Gasteiger partial charge in [-0.3, -0.25) is 9.89 Å². The van der Waals surface area contributed by atoms with Gasteiger partial charge in [-0.15, -0.1) is 0 Å². The molecular weight excluding hydrogens is 250 g/mol. The van der Waals surface area contributed by atoms with Crippen LogP contribution in [0.25, 0.3) is 11.6 Å². The Balaban J connectivity index is 1.91. The SMILES string of the molecule is CCOC(=O)C1(c2nc(-c3ncn[nH]3)no2)CCC1. The molecular formula is C11H13N5O3. The van der Waals surface area contributed by atoms with Crippen molar-refractivity contribution in [3.8, 4) is 11.6 Å². The first-order valence-corrected chi connectivity index (χ1v) is 6.13. The second kappa shape index (κ2) is 4.45. The first-order chi connectivity index (χ1) is 9.26. The Morgan fingerprint density at radius 2 is 2.42 bits per heavy atom. The Bertz CT molecular complexity index is 573. The van der Waals surface area contributed by atoms with Crippen LogP contribution in [0.2, 0.25) is 0 Å². The van der Waals surface area contributed by atoms with Crippen molar-refractivity contribution in [3.63, 3.8) is 0 Å². The number of H-pyrrole nitrogens is 1. The number of rotatable bonds is 4. The predicted octanol–water partition coefficient (Wildman–Crippen LogP) is 0.839. The summed E-state index contributed by atoms with van der Waals surface area (Å²) in [6.07, 6.45) is 3.64. The minimum absolute atomic E-state index is 0.295. The molecule has 1 N–H and O–H groups in total. The van der Waals surface area contributed by atoms with E-state index < -0.39 is 5.41 Å². The van der Waals surface area contributed by atoms with Gasteiger partial charge < -0.3 is 9.26 Å². The Kier molecular flexibility index (Phi) is 2.77. The molecule has 2 aromatic heterocycles. The smallest absolute Gasteiger partial charge is 0.321 e. The number of nitrogens with one attached hydrogen (secondary N) is 1. The first-order valence-electron chi connectivity index (χ1n) is 6.13. The van der Waals surface area contributed by atoms with E-state index in [2.05, 4.69) is 25.3 Å². The molecule has 1 saturated carbocycles. The lowest BCUT2D eigenvalue weighted by molar-refractivity contribution is -0.155. The summed E-state index contributed by atoms with van der Waals surface area (Å²) in [5.74, 6) is 0.703. The molecule has 3 rings (SSSR count). The van der Waals surface area contributed by atoms with Gasteiger partial charge in [0.1, 0.15) is 11.7 Å². The molecule has 8 nitrogen and oxygen atoms in total. The number of hydrogen-bond acceptors (Lipinski definition) is 7. The van der Waals surface area contributed by atoms with Crippen LogP contribution in [-0.2, 0) is 14.9 Å². The van der Waals surface area contributed by atoms with E-state index >= 15 is 0 Å². The number of aromatic amines is 1. The molecule has 1 aliphatic rings. The monoisotopic (exact) mass is 263 g/mol. The summed E-state index contributed by atoms with van der Waals surface area (Å²) < 4.78 is 10.3. The third-order valence-corrected chi connectivity index (χ3v) is 3.34. The molecule has 0 atom stereocenters. The largest absolute Gasteiger partial charge is 0.465 e. The molecule has 19 heavy (non-hydrogen) atoms. The molecule has 0 bridgehead atoms. The number of nitrogens with zero attached hydrogens (tertiary/aromatic N) is 4. The number of esters is 1. The van der Waals surface area contributed by atoms with Crippen LogP contribution in [0.15, 0.2) is 10.9 Å². The minimum Gasteiger partial charge on any atom is -0.465 e. The minimum atomic E-state index is -0.777. The average molecular weight is 263 g/mol. The standard InChI is InChI=1S/C11H13N5O3/c1-2-18-10(17)11(4-3-5-11)9-14-8(16-19-9)7-12-6-13-15-7/h6H,2-5H2,1H3,(H,12,13,15). The second-order valence-electron chi connectivity index (χ2n) is 4.41. The Morgan fingerprint density at radius 3 is 3.00 bits per heavy atom. The highest BCUT2D eigenvalue weighted by atomic mass is 16.5. The average Bonchev–Trinajstić information content (AvgIpc) is 2.97. The fourth-order valence-electron chi connectivity index (χ4n) is 2.13. The molecule has 2 aromatic rings. The molecule has 8 heteroatoms. The lowest BCUT2D eigenvalue weighted by Crippen LogP contribution is -2.44. The van der Waals surface area contributed by atoms with E-state index in [0.29, 0.717) is 37.0 Å². The van der Waals surface area contributed by atoms with Crippen molar-refractivity contribution in [1.29, 1.82) is 0 Å². The Labute approximate surface area is 108 Å². The topological polar surface area (TPSA) is 107 Å². The third kappa shape index (κ3) is 1.79. The molecule has 100 valence electrons. The van der Waals surface area contributed by atoms with Gasteiger partial charge in [0.15, 0.2) is 5.82 Å². The number of aromatic nitrogens is 5. The summed E-state index contributed by atoms with van der Waals surface area (Å²) in [7, 11) is 0. The number of hydrogen-bond donors (Lipinski definition) is 1. The lowest BCUT2D eigenvalue weighted by Gasteiger charge is -2.35. The summed E-state index contributed by atoms with van der Waals surface area (Å²) in [5.41, 5.74) is -0.777. The zero-order valence-corrected chi connectivity index (χ0v) is 10.4. The molecule has 0 unspecified atom stereocenters. The van der Waals surface area contributed by atoms with Crippen molar-refractivity contribution < 1.29 is 14.1 Å². The van der Waals surface area contributed by atoms with Gasteiger partial charge in [0.2, 0.25) is 11.7 Å². The van der Waals surface area contributed by atoms with Crippen LogP contribution >= 0.6 is 0 Å². The van der Waals surface area contributed by atoms with Crippen molar-refractivity contribution in [2.75, 3.05) is 6.61 Å². The molecule has 1 aliphatic carbocycles. The highest BCUT2D eigenvalue weighted by Gasteiger charge is 2.52. The Hall–Kier alpha value is -2.25. The summed E-state index contributed by atoms with van der Waals surface area (Å²) in [5, 5.41) is 10.2. The molecule has 0 spiro atoms. The van der Waals surface area contributed by atoms with E-state index in [4.69, 9.17) is 9.26 Å². The number of ether oxygens (including phenoxy) is 1. The third-order valence-electron chi connectivity index (χ3n) is 3.34.